The number of benzene rings is 1. The predicted octanol–water partition coefficient (Wildman–Crippen LogP) is 4.27. The van der Waals surface area contributed by atoms with Gasteiger partial charge in [-0.05, 0) is 39.0 Å². The van der Waals surface area contributed by atoms with E-state index in [1.807, 2.05) is 32.0 Å². The molecule has 118 valence electrons. The first-order valence-electron chi connectivity index (χ1n) is 7.98. The molecular weight excluding hydrogens is 286 g/mol. The molecule has 23 heavy (non-hydrogen) atoms. The third kappa shape index (κ3) is 2.84. The van der Waals surface area contributed by atoms with Crippen LogP contribution in [0.25, 0.3) is 22.6 Å². The third-order valence-electron chi connectivity index (χ3n) is 4.10. The van der Waals surface area contributed by atoms with Crippen molar-refractivity contribution in [2.45, 2.75) is 20.8 Å². The van der Waals surface area contributed by atoms with Gasteiger partial charge in [0.2, 0.25) is 0 Å². The maximum Gasteiger partial charge on any atom is 0.329 e. The highest BCUT2D eigenvalue weighted by Crippen LogP contribution is 2.29. The number of hydrogen-bond acceptors (Lipinski definition) is 2. The molecule has 2 aliphatic heterocycles. The van der Waals surface area contributed by atoms with Crippen LogP contribution >= 0.6 is 0 Å². The van der Waals surface area contributed by atoms with Crippen LogP contribution in [-0.4, -0.2) is 33.6 Å². The monoisotopic (exact) mass is 307 g/mol. The minimum Gasteiger partial charge on any atom is -0.325 e. The van der Waals surface area contributed by atoms with Gasteiger partial charge in [-0.25, -0.2) is 9.78 Å². The largest absolute Gasteiger partial charge is 0.329 e. The molecule has 0 N–H and O–H groups in total. The topological polar surface area (TPSA) is 38.1 Å². The first-order chi connectivity index (χ1) is 11.1. The third-order valence-corrected chi connectivity index (χ3v) is 4.10. The molecule has 0 aliphatic carbocycles. The standard InChI is InChI=1S/C19H21N3O/c1-4-21(5-2)19(23)22-12-6-7-16-13-17(20-18(16)22)15-10-8-14(3)9-11-15/h6-13H,4-5H2,1-3H3. The van der Waals surface area contributed by atoms with Crippen molar-refractivity contribution in [2.75, 3.05) is 13.1 Å². The number of aryl methyl sites for hydroxylation is 1. The fourth-order valence-corrected chi connectivity index (χ4v) is 2.71. The molecule has 1 aromatic carbocycles. The summed E-state index contributed by atoms with van der Waals surface area (Å²) in [6.45, 7) is 7.40. The number of nitrogens with zero attached hydrogens (tertiary/aromatic N) is 3. The number of pyridine rings is 1. The second-order valence-corrected chi connectivity index (χ2v) is 5.62. The molecule has 1 amide bonds. The number of rotatable bonds is 3. The van der Waals surface area contributed by atoms with Gasteiger partial charge in [0.05, 0.1) is 5.69 Å². The van der Waals surface area contributed by atoms with Gasteiger partial charge in [-0.15, -0.1) is 0 Å². The molecular formula is C19H21N3O. The van der Waals surface area contributed by atoms with Crippen molar-refractivity contribution in [1.82, 2.24) is 14.5 Å². The van der Waals surface area contributed by atoms with Crippen LogP contribution in [0.3, 0.4) is 0 Å². The Bertz CT molecular complexity index is 785. The highest BCUT2D eigenvalue weighted by Gasteiger charge is 2.19. The van der Waals surface area contributed by atoms with Crippen molar-refractivity contribution in [3.8, 4) is 22.6 Å². The second-order valence-electron chi connectivity index (χ2n) is 5.62. The zero-order chi connectivity index (χ0) is 16.4. The Morgan fingerprint density at radius 1 is 1.09 bits per heavy atom. The molecule has 0 aromatic heterocycles. The first-order valence-corrected chi connectivity index (χ1v) is 7.98. The fraction of sp³-hybridized carbons (Fsp3) is 0.263. The number of carbonyl (C=O) groups excluding carboxylic acids is 1. The van der Waals surface area contributed by atoms with Crippen molar-refractivity contribution >= 4 is 6.03 Å². The van der Waals surface area contributed by atoms with Gasteiger partial charge in [-0.3, -0.25) is 4.57 Å². The summed E-state index contributed by atoms with van der Waals surface area (Å²) in [7, 11) is 0. The van der Waals surface area contributed by atoms with Gasteiger partial charge in [0.15, 0.2) is 0 Å². The van der Waals surface area contributed by atoms with E-state index in [1.54, 1.807) is 15.7 Å². The number of hydrogen-bond donors (Lipinski definition) is 0. The summed E-state index contributed by atoms with van der Waals surface area (Å²) >= 11 is 0. The van der Waals surface area contributed by atoms with E-state index in [0.717, 1.165) is 16.8 Å². The molecule has 4 heteroatoms. The van der Waals surface area contributed by atoms with E-state index in [-0.39, 0.29) is 6.03 Å². The molecule has 2 heterocycles. The molecule has 0 bridgehead atoms. The molecule has 2 aliphatic rings. The normalized spacial score (nSPS) is 10.9. The van der Waals surface area contributed by atoms with E-state index in [0.29, 0.717) is 18.9 Å². The van der Waals surface area contributed by atoms with E-state index in [9.17, 15) is 4.79 Å². The molecule has 0 radical (unpaired) electrons. The molecule has 0 spiro atoms. The summed E-state index contributed by atoms with van der Waals surface area (Å²) in [5.41, 5.74) is 4.15. The molecule has 0 unspecified atom stereocenters. The molecule has 0 saturated heterocycles. The molecule has 3 rings (SSSR count). The Morgan fingerprint density at radius 2 is 1.78 bits per heavy atom. The van der Waals surface area contributed by atoms with E-state index in [2.05, 4.69) is 31.2 Å². The summed E-state index contributed by atoms with van der Waals surface area (Å²) in [5, 5.41) is 0. The van der Waals surface area contributed by atoms with E-state index in [4.69, 9.17) is 4.98 Å². The van der Waals surface area contributed by atoms with Crippen LogP contribution in [-0.2, 0) is 0 Å². The Morgan fingerprint density at radius 3 is 2.43 bits per heavy atom. The summed E-state index contributed by atoms with van der Waals surface area (Å²) in [5.74, 6) is 0.708. The predicted molar refractivity (Wildman–Crippen MR) is 92.7 cm³/mol. The van der Waals surface area contributed by atoms with Crippen LogP contribution in [0.1, 0.15) is 19.4 Å². The minimum atomic E-state index is -0.0332. The fourth-order valence-electron chi connectivity index (χ4n) is 2.71. The first kappa shape index (κ1) is 15.3. The van der Waals surface area contributed by atoms with E-state index < -0.39 is 0 Å². The van der Waals surface area contributed by atoms with Crippen LogP contribution in [0.4, 0.5) is 4.79 Å². The number of fused-ring (bicyclic) bond motifs is 1. The van der Waals surface area contributed by atoms with Gasteiger partial charge >= 0.3 is 6.03 Å². The maximum atomic E-state index is 12.7. The van der Waals surface area contributed by atoms with Gasteiger partial charge in [0.25, 0.3) is 0 Å². The van der Waals surface area contributed by atoms with Crippen molar-refractivity contribution in [2.24, 2.45) is 0 Å². The molecule has 0 atom stereocenters. The zero-order valence-electron chi connectivity index (χ0n) is 13.8. The average molecular weight is 307 g/mol. The molecule has 4 nitrogen and oxygen atoms in total. The lowest BCUT2D eigenvalue weighted by Gasteiger charge is -2.21. The Hall–Kier alpha value is -2.62. The van der Waals surface area contributed by atoms with Crippen molar-refractivity contribution in [3.05, 3.63) is 54.2 Å². The van der Waals surface area contributed by atoms with Crippen LogP contribution in [0, 0.1) is 6.92 Å². The second kappa shape index (κ2) is 6.24. The smallest absolute Gasteiger partial charge is 0.325 e. The lowest BCUT2D eigenvalue weighted by molar-refractivity contribution is 0.205. The van der Waals surface area contributed by atoms with Gasteiger partial charge in [0, 0.05) is 30.4 Å². The highest BCUT2D eigenvalue weighted by atomic mass is 16.2. The van der Waals surface area contributed by atoms with E-state index in [1.165, 1.54) is 5.56 Å². The lowest BCUT2D eigenvalue weighted by Crippen LogP contribution is -2.34. The van der Waals surface area contributed by atoms with Crippen molar-refractivity contribution in [1.29, 1.82) is 0 Å². The van der Waals surface area contributed by atoms with Gasteiger partial charge in [0.1, 0.15) is 5.82 Å². The SMILES string of the molecule is CCN(CC)C(=O)n1cccc2cc(-c3ccc(C)cc3)nc1-2. The van der Waals surface area contributed by atoms with Gasteiger partial charge < -0.3 is 4.90 Å². The molecule has 0 fully saturated rings. The number of amides is 1. The van der Waals surface area contributed by atoms with Crippen molar-refractivity contribution < 1.29 is 4.79 Å². The van der Waals surface area contributed by atoms with Crippen LogP contribution in [0.5, 0.6) is 0 Å². The minimum absolute atomic E-state index is 0.0332. The summed E-state index contributed by atoms with van der Waals surface area (Å²) < 4.78 is 1.64. The van der Waals surface area contributed by atoms with Crippen LogP contribution in [0.15, 0.2) is 48.7 Å². The summed E-state index contributed by atoms with van der Waals surface area (Å²) in [6.07, 6.45) is 1.79. The summed E-state index contributed by atoms with van der Waals surface area (Å²) in [6, 6.07) is 14.2. The van der Waals surface area contributed by atoms with Crippen LogP contribution < -0.4 is 0 Å². The highest BCUT2D eigenvalue weighted by molar-refractivity contribution is 5.83. The van der Waals surface area contributed by atoms with Crippen LogP contribution in [0.2, 0.25) is 0 Å². The molecule has 1 aromatic rings. The Labute approximate surface area is 136 Å². The number of carbonyl (C=O) groups is 1. The Kier molecular flexibility index (Phi) is 4.15. The average Bonchev–Trinajstić information content (AvgIpc) is 3.00. The summed E-state index contributed by atoms with van der Waals surface area (Å²) in [4.78, 5) is 19.2. The van der Waals surface area contributed by atoms with Gasteiger partial charge in [-0.2, -0.15) is 0 Å². The van der Waals surface area contributed by atoms with Gasteiger partial charge in [-0.1, -0.05) is 29.8 Å². The zero-order valence-corrected chi connectivity index (χ0v) is 13.8. The van der Waals surface area contributed by atoms with E-state index >= 15 is 0 Å². The number of aromatic nitrogens is 2. The maximum absolute atomic E-state index is 12.7. The quantitative estimate of drug-likeness (QED) is 0.724. The Balaban J connectivity index is 2.06. The lowest BCUT2D eigenvalue weighted by atomic mass is 10.1. The molecule has 0 saturated carbocycles. The van der Waals surface area contributed by atoms with Crippen molar-refractivity contribution in [3.63, 3.8) is 0 Å².